The number of carbonyl (C=O) groups excluding carboxylic acids is 1. The maximum atomic E-state index is 14.4. The lowest BCUT2D eigenvalue weighted by Gasteiger charge is -2.17. The van der Waals surface area contributed by atoms with Gasteiger partial charge in [0.25, 0.3) is 11.5 Å². The molecule has 5 aromatic rings. The molecule has 2 N–H and O–H groups in total. The molecular formula is C30H27FN6O4. The van der Waals surface area contributed by atoms with Crippen LogP contribution in [0.1, 0.15) is 40.2 Å². The SMILES string of the molecule is CN(C(=O)c1ccc(O)nc1)c1ccc(Cc2nc3c([nH]2)c(=O)n(Cc2ccccc2F)c(=O)n3CC2CC2)cc1. The van der Waals surface area contributed by atoms with Crippen molar-refractivity contribution in [3.8, 4) is 5.88 Å². The lowest BCUT2D eigenvalue weighted by atomic mass is 10.1. The van der Waals surface area contributed by atoms with Gasteiger partial charge in [-0.05, 0) is 48.6 Å². The van der Waals surface area contributed by atoms with Gasteiger partial charge in [-0.2, -0.15) is 0 Å². The molecule has 3 aromatic heterocycles. The first-order valence-corrected chi connectivity index (χ1v) is 13.3. The Morgan fingerprint density at radius 3 is 2.51 bits per heavy atom. The summed E-state index contributed by atoms with van der Waals surface area (Å²) in [7, 11) is 1.65. The largest absolute Gasteiger partial charge is 0.493 e. The van der Waals surface area contributed by atoms with Crippen LogP contribution in [-0.4, -0.2) is 42.1 Å². The van der Waals surface area contributed by atoms with Crippen LogP contribution in [0.15, 0.2) is 76.4 Å². The van der Waals surface area contributed by atoms with Gasteiger partial charge in [-0.15, -0.1) is 0 Å². The summed E-state index contributed by atoms with van der Waals surface area (Å²) in [6.45, 7) is 0.274. The van der Waals surface area contributed by atoms with Gasteiger partial charge in [-0.25, -0.2) is 19.2 Å². The molecule has 0 atom stereocenters. The van der Waals surface area contributed by atoms with Crippen molar-refractivity contribution in [2.45, 2.75) is 32.4 Å². The van der Waals surface area contributed by atoms with E-state index in [1.165, 1.54) is 33.9 Å². The van der Waals surface area contributed by atoms with E-state index in [0.717, 1.165) is 23.0 Å². The number of anilines is 1. The van der Waals surface area contributed by atoms with Crippen molar-refractivity contribution in [1.82, 2.24) is 24.1 Å². The molecule has 1 saturated carbocycles. The van der Waals surface area contributed by atoms with Gasteiger partial charge < -0.3 is 15.0 Å². The molecule has 1 aliphatic carbocycles. The van der Waals surface area contributed by atoms with Crippen LogP contribution in [0.2, 0.25) is 0 Å². The summed E-state index contributed by atoms with van der Waals surface area (Å²) in [5.74, 6) is -0.0546. The number of fused-ring (bicyclic) bond motifs is 1. The van der Waals surface area contributed by atoms with E-state index in [9.17, 15) is 23.9 Å². The Labute approximate surface area is 233 Å². The van der Waals surface area contributed by atoms with Crippen molar-refractivity contribution in [1.29, 1.82) is 0 Å². The molecule has 0 bridgehead atoms. The van der Waals surface area contributed by atoms with E-state index in [0.29, 0.717) is 41.6 Å². The molecule has 0 saturated heterocycles. The van der Waals surface area contributed by atoms with Crippen LogP contribution in [0.4, 0.5) is 10.1 Å². The monoisotopic (exact) mass is 554 g/mol. The number of amides is 1. The van der Waals surface area contributed by atoms with Crippen molar-refractivity contribution in [3.63, 3.8) is 0 Å². The second-order valence-electron chi connectivity index (χ2n) is 10.3. The molecule has 0 aliphatic heterocycles. The van der Waals surface area contributed by atoms with Gasteiger partial charge in [0.1, 0.15) is 17.2 Å². The molecule has 0 spiro atoms. The molecule has 11 heteroatoms. The molecule has 6 rings (SSSR count). The second kappa shape index (κ2) is 10.5. The fraction of sp³-hybridized carbons (Fsp3) is 0.233. The molecule has 2 aromatic carbocycles. The summed E-state index contributed by atoms with van der Waals surface area (Å²) < 4.78 is 17.0. The predicted molar refractivity (Wildman–Crippen MR) is 151 cm³/mol. The van der Waals surface area contributed by atoms with Crippen LogP contribution in [0.5, 0.6) is 5.88 Å². The number of hydrogen-bond donors (Lipinski definition) is 2. The molecule has 3 heterocycles. The Hall–Kier alpha value is -5.06. The van der Waals surface area contributed by atoms with Gasteiger partial charge in [0, 0.05) is 43.5 Å². The van der Waals surface area contributed by atoms with Gasteiger partial charge in [-0.3, -0.25) is 18.7 Å². The third-order valence-electron chi connectivity index (χ3n) is 7.33. The minimum Gasteiger partial charge on any atom is -0.493 e. The van der Waals surface area contributed by atoms with Crippen LogP contribution in [-0.2, 0) is 19.5 Å². The Kier molecular flexibility index (Phi) is 6.70. The summed E-state index contributed by atoms with van der Waals surface area (Å²) in [4.78, 5) is 52.6. The Morgan fingerprint density at radius 1 is 1.07 bits per heavy atom. The number of rotatable bonds is 8. The average Bonchev–Trinajstić information content (AvgIpc) is 3.71. The molecule has 208 valence electrons. The highest BCUT2D eigenvalue weighted by molar-refractivity contribution is 6.05. The number of aromatic hydroxyl groups is 1. The first-order chi connectivity index (χ1) is 19.8. The van der Waals surface area contributed by atoms with E-state index in [4.69, 9.17) is 0 Å². The number of imidazole rings is 1. The van der Waals surface area contributed by atoms with E-state index in [1.54, 1.807) is 37.4 Å². The van der Waals surface area contributed by atoms with Crippen LogP contribution < -0.4 is 16.1 Å². The quantitative estimate of drug-likeness (QED) is 0.303. The van der Waals surface area contributed by atoms with Crippen molar-refractivity contribution < 1.29 is 14.3 Å². The standard InChI is InChI=1S/C30H27FN6O4/c1-35(28(39)20-10-13-25(38)32-15-20)22-11-8-18(9-12-22)14-24-33-26-27(34-24)36(16-19-6-7-19)30(41)37(29(26)40)17-21-4-2-3-5-23(21)31/h2-5,8-13,15,19H,6-7,14,16-17H2,1H3,(H,32,38)(H,33,34). The summed E-state index contributed by atoms with van der Waals surface area (Å²) in [6, 6.07) is 16.3. The van der Waals surface area contributed by atoms with Gasteiger partial charge in [0.05, 0.1) is 12.1 Å². The maximum Gasteiger partial charge on any atom is 0.333 e. The molecular weight excluding hydrogens is 527 g/mol. The third kappa shape index (κ3) is 5.25. The Bertz CT molecular complexity index is 1870. The van der Waals surface area contributed by atoms with Crippen molar-refractivity contribution in [2.75, 3.05) is 11.9 Å². The Balaban J connectivity index is 1.29. The summed E-state index contributed by atoms with van der Waals surface area (Å²) in [5, 5.41) is 9.37. The minimum absolute atomic E-state index is 0.160. The van der Waals surface area contributed by atoms with Gasteiger partial charge in [0.15, 0.2) is 5.65 Å². The zero-order valence-electron chi connectivity index (χ0n) is 22.2. The lowest BCUT2D eigenvalue weighted by molar-refractivity contribution is 0.0992. The normalized spacial score (nSPS) is 13.0. The van der Waals surface area contributed by atoms with E-state index < -0.39 is 17.1 Å². The van der Waals surface area contributed by atoms with Crippen molar-refractivity contribution in [2.24, 2.45) is 5.92 Å². The van der Waals surface area contributed by atoms with E-state index in [-0.39, 0.29) is 29.4 Å². The number of halogens is 1. The zero-order valence-corrected chi connectivity index (χ0v) is 22.2. The van der Waals surface area contributed by atoms with E-state index >= 15 is 0 Å². The number of aromatic nitrogens is 5. The number of pyridine rings is 1. The third-order valence-corrected chi connectivity index (χ3v) is 7.33. The van der Waals surface area contributed by atoms with Crippen molar-refractivity contribution >= 4 is 22.8 Å². The van der Waals surface area contributed by atoms with Crippen LogP contribution >= 0.6 is 0 Å². The zero-order chi connectivity index (χ0) is 28.7. The van der Waals surface area contributed by atoms with Gasteiger partial charge >= 0.3 is 5.69 Å². The molecule has 1 aliphatic rings. The average molecular weight is 555 g/mol. The highest BCUT2D eigenvalue weighted by Crippen LogP contribution is 2.30. The number of hydrogen-bond acceptors (Lipinski definition) is 6. The highest BCUT2D eigenvalue weighted by Gasteiger charge is 2.26. The summed E-state index contributed by atoms with van der Waals surface area (Å²) >= 11 is 0. The lowest BCUT2D eigenvalue weighted by Crippen LogP contribution is -2.40. The smallest absolute Gasteiger partial charge is 0.333 e. The number of aromatic amines is 1. The molecule has 0 radical (unpaired) electrons. The fourth-order valence-electron chi connectivity index (χ4n) is 4.81. The van der Waals surface area contributed by atoms with E-state index in [2.05, 4.69) is 15.0 Å². The number of nitrogens with one attached hydrogen (secondary N) is 1. The number of carbonyl (C=O) groups is 1. The molecule has 1 amide bonds. The van der Waals surface area contributed by atoms with Crippen LogP contribution in [0.25, 0.3) is 11.2 Å². The molecule has 0 unspecified atom stereocenters. The maximum absolute atomic E-state index is 14.4. The second-order valence-corrected chi connectivity index (χ2v) is 10.3. The van der Waals surface area contributed by atoms with Crippen molar-refractivity contribution in [3.05, 3.63) is 116 Å². The first kappa shape index (κ1) is 26.2. The molecule has 10 nitrogen and oxygen atoms in total. The van der Waals surface area contributed by atoms with Gasteiger partial charge in [-0.1, -0.05) is 30.3 Å². The topological polar surface area (TPSA) is 126 Å². The summed E-state index contributed by atoms with van der Waals surface area (Å²) in [5.41, 5.74) is 1.60. The Morgan fingerprint density at radius 2 is 1.83 bits per heavy atom. The summed E-state index contributed by atoms with van der Waals surface area (Å²) in [6.07, 6.45) is 3.69. The molecule has 1 fully saturated rings. The first-order valence-electron chi connectivity index (χ1n) is 13.3. The predicted octanol–water partition coefficient (Wildman–Crippen LogP) is 3.45. The molecule has 41 heavy (non-hydrogen) atoms. The number of nitrogens with zero attached hydrogens (tertiary/aromatic N) is 5. The van der Waals surface area contributed by atoms with E-state index in [1.807, 2.05) is 12.1 Å². The van der Waals surface area contributed by atoms with Crippen LogP contribution in [0.3, 0.4) is 0 Å². The van der Waals surface area contributed by atoms with Gasteiger partial charge in [0.2, 0.25) is 5.88 Å². The highest BCUT2D eigenvalue weighted by atomic mass is 19.1. The number of H-pyrrole nitrogens is 1. The van der Waals surface area contributed by atoms with Crippen LogP contribution in [0, 0.1) is 11.7 Å². The minimum atomic E-state index is -0.543. The number of benzene rings is 2. The fourth-order valence-corrected chi connectivity index (χ4v) is 4.81.